The Morgan fingerprint density at radius 1 is 1.19 bits per heavy atom. The Bertz CT molecular complexity index is 205. The van der Waals surface area contributed by atoms with Gasteiger partial charge in [-0.05, 0) is 0 Å². The quantitative estimate of drug-likeness (QED) is 0.345. The third-order valence-electron chi connectivity index (χ3n) is 2.03. The van der Waals surface area contributed by atoms with Crippen LogP contribution in [0.5, 0.6) is 0 Å². The summed E-state index contributed by atoms with van der Waals surface area (Å²) < 4.78 is 5.00. The molecule has 0 unspecified atom stereocenters. The molecule has 0 amide bonds. The van der Waals surface area contributed by atoms with Crippen molar-refractivity contribution in [2.75, 3.05) is 6.61 Å². The number of esters is 1. The second kappa shape index (κ2) is 9.12. The molecule has 0 rings (SSSR count). The molecule has 0 spiro atoms. The van der Waals surface area contributed by atoms with Gasteiger partial charge in [-0.2, -0.15) is 0 Å². The Kier molecular flexibility index (Phi) is 9.77. The minimum absolute atomic E-state index is 0.0192. The molecular formula is C10H19Cl3O2Sn. The molecule has 0 bridgehead atoms. The topological polar surface area (TPSA) is 26.3 Å². The van der Waals surface area contributed by atoms with E-state index in [1.54, 1.807) is 0 Å². The molecule has 0 aromatic heterocycles. The Labute approximate surface area is 113 Å². The number of unbranched alkanes of at least 4 members (excludes halogenated alkanes) is 2. The fourth-order valence-corrected chi connectivity index (χ4v) is 4.65. The first-order valence-electron chi connectivity index (χ1n) is 5.53. The number of rotatable bonds is 8. The Hall–Kier alpha value is 1.14. The predicted octanol–water partition coefficient (Wildman–Crippen LogP) is 4.40. The van der Waals surface area contributed by atoms with Gasteiger partial charge in [-0.15, -0.1) is 0 Å². The summed E-state index contributed by atoms with van der Waals surface area (Å²) in [6, 6.07) is 0. The first kappa shape index (κ1) is 17.1. The van der Waals surface area contributed by atoms with Crippen molar-refractivity contribution in [2.24, 2.45) is 5.92 Å². The standard InChI is InChI=1S/C10H19O2.3ClH.Sn/c1-9(2)7-5-4-6-8-12-10(3)11;;;;/h9H,3-8H2,1-2H3;3*1H;/q;;;;+3/p-3. The van der Waals surface area contributed by atoms with E-state index in [1.165, 1.54) is 12.8 Å². The molecule has 96 valence electrons. The molecule has 0 N–H and O–H groups in total. The molecule has 0 aliphatic rings. The maximum absolute atomic E-state index is 11.2. The van der Waals surface area contributed by atoms with Gasteiger partial charge in [0.2, 0.25) is 0 Å². The van der Waals surface area contributed by atoms with Crippen molar-refractivity contribution in [1.29, 1.82) is 0 Å². The molecule has 0 saturated carbocycles. The average molecular weight is 396 g/mol. The van der Waals surface area contributed by atoms with Crippen LogP contribution in [0.3, 0.4) is 0 Å². The molecule has 2 nitrogen and oxygen atoms in total. The summed E-state index contributed by atoms with van der Waals surface area (Å²) in [5, 5.41) is 0. The van der Waals surface area contributed by atoms with Crippen LogP contribution < -0.4 is 0 Å². The first-order valence-corrected chi connectivity index (χ1v) is 18.4. The Morgan fingerprint density at radius 3 is 2.31 bits per heavy atom. The SMILES string of the molecule is CC(C)CCCCCOC(=O)[CH2][Sn]([Cl])([Cl])[Cl]. The van der Waals surface area contributed by atoms with Gasteiger partial charge in [-0.3, -0.25) is 0 Å². The molecule has 0 saturated heterocycles. The van der Waals surface area contributed by atoms with E-state index in [2.05, 4.69) is 13.8 Å². The van der Waals surface area contributed by atoms with E-state index < -0.39 is 15.0 Å². The van der Waals surface area contributed by atoms with Crippen molar-refractivity contribution in [3.05, 3.63) is 0 Å². The van der Waals surface area contributed by atoms with E-state index in [9.17, 15) is 4.79 Å². The zero-order chi connectivity index (χ0) is 12.6. The van der Waals surface area contributed by atoms with E-state index in [0.717, 1.165) is 18.8 Å². The molecule has 0 radical (unpaired) electrons. The van der Waals surface area contributed by atoms with Crippen LogP contribution in [0, 0.1) is 5.92 Å². The fourth-order valence-electron chi connectivity index (χ4n) is 1.23. The zero-order valence-electron chi connectivity index (χ0n) is 9.77. The van der Waals surface area contributed by atoms with Crippen molar-refractivity contribution in [3.8, 4) is 0 Å². The normalized spacial score (nSPS) is 11.9. The second-order valence-electron chi connectivity index (χ2n) is 4.26. The molecule has 0 atom stereocenters. The van der Waals surface area contributed by atoms with Gasteiger partial charge in [0.05, 0.1) is 0 Å². The third kappa shape index (κ3) is 13.2. The summed E-state index contributed by atoms with van der Waals surface area (Å²) in [6.07, 6.45) is 4.38. The molecule has 0 heterocycles. The molecule has 0 aromatic carbocycles. The van der Waals surface area contributed by atoms with Crippen molar-refractivity contribution in [2.45, 2.75) is 44.0 Å². The molecule has 16 heavy (non-hydrogen) atoms. The summed E-state index contributed by atoms with van der Waals surface area (Å²) in [5.41, 5.74) is 0. The Morgan fingerprint density at radius 2 is 1.81 bits per heavy atom. The van der Waals surface area contributed by atoms with E-state index in [-0.39, 0.29) is 10.4 Å². The summed E-state index contributed by atoms with van der Waals surface area (Å²) >= 11 is -3.55. The van der Waals surface area contributed by atoms with Gasteiger partial charge in [0.15, 0.2) is 0 Å². The van der Waals surface area contributed by atoms with Crippen molar-refractivity contribution >= 4 is 47.7 Å². The van der Waals surface area contributed by atoms with Crippen LogP contribution in [-0.2, 0) is 9.53 Å². The molecule has 0 aliphatic carbocycles. The van der Waals surface area contributed by atoms with Gasteiger partial charge in [-0.1, -0.05) is 0 Å². The summed E-state index contributed by atoms with van der Waals surface area (Å²) in [4.78, 5) is 11.2. The van der Waals surface area contributed by atoms with Crippen molar-refractivity contribution in [3.63, 3.8) is 0 Å². The van der Waals surface area contributed by atoms with Crippen LogP contribution in [0.4, 0.5) is 0 Å². The van der Waals surface area contributed by atoms with E-state index in [0.29, 0.717) is 6.61 Å². The predicted molar refractivity (Wildman–Crippen MR) is 72.4 cm³/mol. The van der Waals surface area contributed by atoms with E-state index in [4.69, 9.17) is 31.5 Å². The summed E-state index contributed by atoms with van der Waals surface area (Å²) in [5.74, 6) is 0.376. The summed E-state index contributed by atoms with van der Waals surface area (Å²) in [6.45, 7) is 4.85. The number of hydrogen-bond acceptors (Lipinski definition) is 2. The average Bonchev–Trinajstić information content (AvgIpc) is 2.07. The van der Waals surface area contributed by atoms with Crippen molar-refractivity contribution < 1.29 is 9.53 Å². The van der Waals surface area contributed by atoms with Gasteiger partial charge in [0, 0.05) is 0 Å². The maximum atomic E-state index is 11.2. The molecule has 6 heteroatoms. The molecular weight excluding hydrogens is 377 g/mol. The molecule has 0 aliphatic heterocycles. The van der Waals surface area contributed by atoms with Crippen LogP contribution >= 0.6 is 26.8 Å². The van der Waals surface area contributed by atoms with Crippen LogP contribution in [0.25, 0.3) is 0 Å². The number of hydrogen-bond donors (Lipinski definition) is 0. The van der Waals surface area contributed by atoms with E-state index >= 15 is 0 Å². The van der Waals surface area contributed by atoms with Crippen LogP contribution in [0.15, 0.2) is 0 Å². The van der Waals surface area contributed by atoms with Gasteiger partial charge in [0.25, 0.3) is 0 Å². The molecule has 0 fully saturated rings. The minimum atomic E-state index is -3.55. The Balaban J connectivity index is 3.35. The number of halogens is 3. The van der Waals surface area contributed by atoms with Crippen LogP contribution in [0.2, 0.25) is 4.44 Å². The number of carbonyl (C=O) groups is 1. The third-order valence-corrected chi connectivity index (χ3v) is 6.69. The number of ether oxygens (including phenoxy) is 1. The fraction of sp³-hybridized carbons (Fsp3) is 0.900. The van der Waals surface area contributed by atoms with Crippen LogP contribution in [0.1, 0.15) is 39.5 Å². The van der Waals surface area contributed by atoms with Gasteiger partial charge >= 0.3 is 114 Å². The zero-order valence-corrected chi connectivity index (χ0v) is 14.9. The van der Waals surface area contributed by atoms with Gasteiger partial charge < -0.3 is 0 Å². The van der Waals surface area contributed by atoms with E-state index in [1.807, 2.05) is 0 Å². The van der Waals surface area contributed by atoms with Gasteiger partial charge in [0.1, 0.15) is 0 Å². The number of carbonyl (C=O) groups excluding carboxylic acids is 1. The second-order valence-corrected chi connectivity index (χ2v) is 25.7. The van der Waals surface area contributed by atoms with Gasteiger partial charge in [-0.25, -0.2) is 0 Å². The first-order chi connectivity index (χ1) is 7.31. The van der Waals surface area contributed by atoms with Crippen molar-refractivity contribution in [1.82, 2.24) is 0 Å². The monoisotopic (exact) mass is 396 g/mol. The van der Waals surface area contributed by atoms with Crippen LogP contribution in [-0.4, -0.2) is 27.6 Å². The summed E-state index contributed by atoms with van der Waals surface area (Å²) in [7, 11) is 17.0. The molecule has 0 aromatic rings.